The van der Waals surface area contributed by atoms with Crippen LogP contribution in [0.1, 0.15) is 22.5 Å². The van der Waals surface area contributed by atoms with E-state index in [1.807, 2.05) is 6.07 Å². The topological polar surface area (TPSA) is 90.0 Å². The van der Waals surface area contributed by atoms with Crippen LogP contribution in [0, 0.1) is 5.82 Å². The van der Waals surface area contributed by atoms with Crippen molar-refractivity contribution in [2.24, 2.45) is 0 Å². The molecule has 2 fully saturated rings. The van der Waals surface area contributed by atoms with E-state index in [1.54, 1.807) is 29.6 Å². The number of benzene rings is 1. The Bertz CT molecular complexity index is 1080. The van der Waals surface area contributed by atoms with Gasteiger partial charge in [0.1, 0.15) is 11.6 Å². The first-order valence-electron chi connectivity index (χ1n) is 9.65. The number of nitrogens with zero attached hydrogens (tertiary/aromatic N) is 5. The molecular weight excluding hydrogens is 409 g/mol. The molecule has 10 heteroatoms. The molecule has 2 aromatic heterocycles. The second-order valence-corrected chi connectivity index (χ2v) is 7.93. The van der Waals surface area contributed by atoms with Gasteiger partial charge in [-0.25, -0.2) is 9.37 Å². The maximum absolute atomic E-state index is 14.3. The molecule has 4 heterocycles. The maximum atomic E-state index is 14.3. The fraction of sp³-hybridized carbons (Fsp3) is 0.300. The smallest absolute Gasteiger partial charge is 0.257 e. The summed E-state index contributed by atoms with van der Waals surface area (Å²) in [6.45, 7) is 1.92. The summed E-state index contributed by atoms with van der Waals surface area (Å²) < 4.78 is 14.3. The van der Waals surface area contributed by atoms with Crippen molar-refractivity contribution in [2.45, 2.75) is 25.0 Å². The van der Waals surface area contributed by atoms with Crippen LogP contribution >= 0.6 is 11.6 Å². The number of hydrogen-bond donors (Lipinski definition) is 2. The van der Waals surface area contributed by atoms with Gasteiger partial charge in [0.05, 0.1) is 28.7 Å². The van der Waals surface area contributed by atoms with E-state index < -0.39 is 5.82 Å². The number of nitrogens with one attached hydrogen (secondary N) is 2. The summed E-state index contributed by atoms with van der Waals surface area (Å²) >= 11 is 5.84. The van der Waals surface area contributed by atoms with Gasteiger partial charge in [0.2, 0.25) is 0 Å². The van der Waals surface area contributed by atoms with E-state index in [1.165, 1.54) is 12.1 Å². The minimum atomic E-state index is -0.652. The second kappa shape index (κ2) is 7.66. The zero-order chi connectivity index (χ0) is 20.7. The standard InChI is InChI=1S/C20H19ClFN7O/c21-16-3-1-2-15(19(16)22)20(30)29-11-13-6-14(29)10-28(13)9-12-7-23-8-18(25-12)26-17-4-5-24-27-17/h1-5,7-8,13-14H,6,9-11H2,(H2,24,25,26,27)/t13-,14+/m0/s1. The van der Waals surface area contributed by atoms with Gasteiger partial charge in [0.25, 0.3) is 5.91 Å². The lowest BCUT2D eigenvalue weighted by Gasteiger charge is -2.34. The molecule has 2 aliphatic heterocycles. The number of carbonyl (C=O) groups excluding carboxylic acids is 1. The highest BCUT2D eigenvalue weighted by Crippen LogP contribution is 2.33. The molecular formula is C20H19ClFN7O. The number of rotatable bonds is 5. The van der Waals surface area contributed by atoms with Crippen LogP contribution in [-0.4, -0.2) is 61.0 Å². The highest BCUT2D eigenvalue weighted by molar-refractivity contribution is 6.31. The van der Waals surface area contributed by atoms with Gasteiger partial charge in [-0.15, -0.1) is 0 Å². The summed E-state index contributed by atoms with van der Waals surface area (Å²) in [5, 5.41) is 9.81. The highest BCUT2D eigenvalue weighted by atomic mass is 35.5. The summed E-state index contributed by atoms with van der Waals surface area (Å²) in [6, 6.07) is 6.61. The van der Waals surface area contributed by atoms with E-state index in [0.29, 0.717) is 18.9 Å². The third kappa shape index (κ3) is 3.50. The maximum Gasteiger partial charge on any atom is 0.257 e. The fourth-order valence-corrected chi connectivity index (χ4v) is 4.40. The molecule has 2 N–H and O–H groups in total. The van der Waals surface area contributed by atoms with Gasteiger partial charge < -0.3 is 10.2 Å². The number of halogens is 2. The molecule has 1 aromatic carbocycles. The van der Waals surface area contributed by atoms with Gasteiger partial charge >= 0.3 is 0 Å². The largest absolute Gasteiger partial charge is 0.333 e. The number of likely N-dealkylation sites (tertiary alicyclic amines) is 2. The van der Waals surface area contributed by atoms with Gasteiger partial charge in [-0.1, -0.05) is 17.7 Å². The Balaban J connectivity index is 1.24. The second-order valence-electron chi connectivity index (χ2n) is 7.52. The molecule has 2 aliphatic rings. The summed E-state index contributed by atoms with van der Waals surface area (Å²) in [6.07, 6.45) is 5.92. The zero-order valence-electron chi connectivity index (χ0n) is 15.9. The first kappa shape index (κ1) is 19.0. The van der Waals surface area contributed by atoms with E-state index in [2.05, 4.69) is 30.4 Å². The molecule has 0 radical (unpaired) electrons. The number of carbonyl (C=O) groups is 1. The zero-order valence-corrected chi connectivity index (χ0v) is 16.7. The Labute approximate surface area is 177 Å². The first-order chi connectivity index (χ1) is 14.6. The minimum absolute atomic E-state index is 0.0325. The predicted octanol–water partition coefficient (Wildman–Crippen LogP) is 2.83. The number of fused-ring (bicyclic) bond motifs is 2. The average Bonchev–Trinajstić information content (AvgIpc) is 3.47. The third-order valence-electron chi connectivity index (χ3n) is 5.61. The predicted molar refractivity (Wildman–Crippen MR) is 109 cm³/mol. The Kier molecular flexibility index (Phi) is 4.84. The van der Waals surface area contributed by atoms with Crippen LogP contribution in [0.3, 0.4) is 0 Å². The molecule has 8 nitrogen and oxygen atoms in total. The van der Waals surface area contributed by atoms with Gasteiger partial charge in [0.15, 0.2) is 5.82 Å². The van der Waals surface area contributed by atoms with Crippen molar-refractivity contribution in [3.63, 3.8) is 0 Å². The van der Waals surface area contributed by atoms with Gasteiger partial charge in [-0.05, 0) is 18.6 Å². The molecule has 0 unspecified atom stereocenters. The molecule has 2 saturated heterocycles. The van der Waals surface area contributed by atoms with E-state index in [4.69, 9.17) is 11.6 Å². The van der Waals surface area contributed by atoms with Crippen LogP contribution in [0.15, 0.2) is 42.9 Å². The van der Waals surface area contributed by atoms with Crippen molar-refractivity contribution in [2.75, 3.05) is 18.4 Å². The van der Waals surface area contributed by atoms with Crippen molar-refractivity contribution in [3.8, 4) is 0 Å². The summed E-state index contributed by atoms with van der Waals surface area (Å²) in [5.74, 6) is 0.423. The Morgan fingerprint density at radius 2 is 2.17 bits per heavy atom. The number of aromatic amines is 1. The van der Waals surface area contributed by atoms with E-state index in [0.717, 1.165) is 24.5 Å². The van der Waals surface area contributed by atoms with Crippen molar-refractivity contribution in [1.82, 2.24) is 30.0 Å². The van der Waals surface area contributed by atoms with Crippen molar-refractivity contribution >= 4 is 29.1 Å². The normalized spacial score (nSPS) is 20.7. The number of H-pyrrole nitrogens is 1. The van der Waals surface area contributed by atoms with Crippen molar-refractivity contribution < 1.29 is 9.18 Å². The van der Waals surface area contributed by atoms with E-state index in [9.17, 15) is 9.18 Å². The lowest BCUT2D eigenvalue weighted by Crippen LogP contribution is -2.48. The molecule has 0 aliphatic carbocycles. The SMILES string of the molecule is O=C(c1cccc(Cl)c1F)N1C[C@@H]2C[C@@H]1CN2Cc1cncc(Nc2ccn[nH]2)n1. The van der Waals surface area contributed by atoms with Crippen LogP contribution in [0.5, 0.6) is 0 Å². The monoisotopic (exact) mass is 427 g/mol. The molecule has 3 aromatic rings. The molecule has 0 saturated carbocycles. The van der Waals surface area contributed by atoms with Gasteiger partial charge in [-0.3, -0.25) is 19.8 Å². The van der Waals surface area contributed by atoms with Crippen molar-refractivity contribution in [3.05, 3.63) is 65.0 Å². The van der Waals surface area contributed by atoms with Crippen molar-refractivity contribution in [1.29, 1.82) is 0 Å². The third-order valence-corrected chi connectivity index (χ3v) is 5.90. The average molecular weight is 428 g/mol. The molecule has 5 rings (SSSR count). The van der Waals surface area contributed by atoms with E-state index in [-0.39, 0.29) is 28.6 Å². The summed E-state index contributed by atoms with van der Waals surface area (Å²) in [7, 11) is 0. The van der Waals surface area contributed by atoms with Gasteiger partial charge in [0, 0.05) is 44.0 Å². The molecule has 2 atom stereocenters. The summed E-state index contributed by atoms with van der Waals surface area (Å²) in [4.78, 5) is 25.8. The van der Waals surface area contributed by atoms with Crippen LogP contribution < -0.4 is 5.32 Å². The Morgan fingerprint density at radius 1 is 1.27 bits per heavy atom. The van der Waals surface area contributed by atoms with Crippen LogP contribution in [0.25, 0.3) is 0 Å². The Morgan fingerprint density at radius 3 is 2.93 bits per heavy atom. The quantitative estimate of drug-likeness (QED) is 0.650. The molecule has 0 spiro atoms. The minimum Gasteiger partial charge on any atom is -0.333 e. The number of aromatic nitrogens is 4. The molecule has 154 valence electrons. The lowest BCUT2D eigenvalue weighted by molar-refractivity contribution is 0.0610. The molecule has 1 amide bonds. The number of anilines is 2. The van der Waals surface area contributed by atoms with E-state index >= 15 is 0 Å². The highest BCUT2D eigenvalue weighted by Gasteiger charge is 2.45. The number of piperazine rings is 1. The summed E-state index contributed by atoms with van der Waals surface area (Å²) in [5.41, 5.74) is 0.871. The van der Waals surface area contributed by atoms with Crippen LogP contribution in [0.4, 0.5) is 16.0 Å². The Hall–Kier alpha value is -3.04. The van der Waals surface area contributed by atoms with Gasteiger partial charge in [-0.2, -0.15) is 5.10 Å². The fourth-order valence-electron chi connectivity index (χ4n) is 4.23. The molecule has 2 bridgehead atoms. The lowest BCUT2D eigenvalue weighted by atomic mass is 10.1. The molecule has 30 heavy (non-hydrogen) atoms. The van der Waals surface area contributed by atoms with Crippen LogP contribution in [0.2, 0.25) is 5.02 Å². The first-order valence-corrected chi connectivity index (χ1v) is 10.0. The van der Waals surface area contributed by atoms with Crippen LogP contribution in [-0.2, 0) is 6.54 Å². The number of amides is 1. The number of hydrogen-bond acceptors (Lipinski definition) is 6.